The van der Waals surface area contributed by atoms with Crippen molar-refractivity contribution in [3.05, 3.63) is 52.7 Å². The summed E-state index contributed by atoms with van der Waals surface area (Å²) >= 11 is 1.49. The monoisotopic (exact) mass is 301 g/mol. The Hall–Kier alpha value is -2.32. The normalized spacial score (nSPS) is 10.9. The van der Waals surface area contributed by atoms with Gasteiger partial charge in [0.1, 0.15) is 11.7 Å². The van der Waals surface area contributed by atoms with Crippen LogP contribution < -0.4 is 11.1 Å². The third kappa shape index (κ3) is 4.33. The van der Waals surface area contributed by atoms with E-state index < -0.39 is 0 Å². The lowest BCUT2D eigenvalue weighted by Crippen LogP contribution is -2.25. The molecule has 0 saturated carbocycles. The molecular weight excluding hydrogens is 285 g/mol. The van der Waals surface area contributed by atoms with Crippen molar-refractivity contribution in [1.82, 2.24) is 5.32 Å². The van der Waals surface area contributed by atoms with E-state index in [2.05, 4.69) is 22.2 Å². The van der Waals surface area contributed by atoms with Crippen molar-refractivity contribution in [2.75, 3.05) is 19.3 Å². The molecule has 0 radical (unpaired) electrons. The van der Waals surface area contributed by atoms with E-state index in [-0.39, 0.29) is 5.82 Å². The quantitative estimate of drug-likeness (QED) is 0.396. The Morgan fingerprint density at radius 3 is 2.71 bits per heavy atom. The van der Waals surface area contributed by atoms with Gasteiger partial charge in [-0.1, -0.05) is 11.8 Å². The average Bonchev–Trinajstić information content (AvgIpc) is 2.91. The van der Waals surface area contributed by atoms with Crippen molar-refractivity contribution >= 4 is 22.2 Å². The van der Waals surface area contributed by atoms with Crippen molar-refractivity contribution in [1.29, 1.82) is 0 Å². The average molecular weight is 301 g/mol. The van der Waals surface area contributed by atoms with Crippen LogP contribution in [0.15, 0.2) is 40.7 Å². The number of halogens is 1. The van der Waals surface area contributed by atoms with Gasteiger partial charge in [-0.3, -0.25) is 4.99 Å². The van der Waals surface area contributed by atoms with E-state index in [4.69, 9.17) is 5.73 Å². The van der Waals surface area contributed by atoms with Crippen LogP contribution in [0.4, 0.5) is 9.39 Å². The van der Waals surface area contributed by atoms with Crippen LogP contribution in [0.5, 0.6) is 0 Å². The summed E-state index contributed by atoms with van der Waals surface area (Å²) in [6.45, 7) is 0.677. The molecule has 5 heteroatoms. The van der Waals surface area contributed by atoms with Crippen LogP contribution in [0, 0.1) is 17.7 Å². The Kier molecular flexibility index (Phi) is 5.35. The molecule has 0 aliphatic rings. The maximum absolute atomic E-state index is 12.7. The third-order valence-corrected chi connectivity index (χ3v) is 3.54. The zero-order chi connectivity index (χ0) is 15.1. The zero-order valence-corrected chi connectivity index (χ0v) is 12.5. The largest absolute Gasteiger partial charge is 0.390 e. The molecule has 0 saturated heterocycles. The van der Waals surface area contributed by atoms with Crippen molar-refractivity contribution in [2.24, 2.45) is 4.99 Å². The van der Waals surface area contributed by atoms with Crippen LogP contribution in [-0.2, 0) is 0 Å². The molecule has 3 nitrogen and oxygen atoms in total. The molecule has 0 aliphatic heterocycles. The van der Waals surface area contributed by atoms with Gasteiger partial charge in [0.2, 0.25) is 0 Å². The van der Waals surface area contributed by atoms with Gasteiger partial charge in [-0.2, -0.15) is 0 Å². The maximum Gasteiger partial charge on any atom is 0.131 e. The lowest BCUT2D eigenvalue weighted by molar-refractivity contribution is 0.627. The molecule has 0 atom stereocenters. The number of nitrogens with zero attached hydrogens (tertiary/aromatic N) is 1. The van der Waals surface area contributed by atoms with Gasteiger partial charge in [-0.25, -0.2) is 4.39 Å². The maximum atomic E-state index is 12.7. The summed E-state index contributed by atoms with van der Waals surface area (Å²) in [6, 6.07) is 8.09. The van der Waals surface area contributed by atoms with Gasteiger partial charge >= 0.3 is 0 Å². The zero-order valence-electron chi connectivity index (χ0n) is 11.7. The number of aliphatic imine (C=N–C) groups is 1. The number of anilines is 1. The highest BCUT2D eigenvalue weighted by Crippen LogP contribution is 2.18. The summed E-state index contributed by atoms with van der Waals surface area (Å²) < 4.78 is 12.7. The summed E-state index contributed by atoms with van der Waals surface area (Å²) in [5, 5.41) is 5.91. The van der Waals surface area contributed by atoms with Crippen LogP contribution in [0.25, 0.3) is 0 Å². The van der Waals surface area contributed by atoms with E-state index in [1.807, 2.05) is 11.4 Å². The lowest BCUT2D eigenvalue weighted by atomic mass is 10.2. The molecule has 0 spiro atoms. The number of nitrogens with two attached hydrogens (primary N) is 1. The first-order chi connectivity index (χ1) is 10.2. The summed E-state index contributed by atoms with van der Waals surface area (Å²) in [6.07, 6.45) is 0.667. The summed E-state index contributed by atoms with van der Waals surface area (Å²) in [4.78, 5) is 4.20. The summed E-state index contributed by atoms with van der Waals surface area (Å²) in [7, 11) is 1.73. The van der Waals surface area contributed by atoms with Gasteiger partial charge in [-0.05, 0) is 35.7 Å². The minimum Gasteiger partial charge on any atom is -0.390 e. The van der Waals surface area contributed by atoms with Crippen molar-refractivity contribution in [2.45, 2.75) is 6.42 Å². The van der Waals surface area contributed by atoms with E-state index in [0.29, 0.717) is 13.0 Å². The second-order valence-corrected chi connectivity index (χ2v) is 5.20. The fourth-order valence-electron chi connectivity index (χ4n) is 1.75. The van der Waals surface area contributed by atoms with Gasteiger partial charge in [0.15, 0.2) is 0 Å². The number of amidine groups is 1. The number of benzene rings is 1. The Balaban J connectivity index is 1.85. The van der Waals surface area contributed by atoms with Crippen LogP contribution in [0.2, 0.25) is 0 Å². The van der Waals surface area contributed by atoms with Crippen molar-refractivity contribution < 1.29 is 4.39 Å². The molecule has 0 unspecified atom stereocenters. The molecule has 1 heterocycles. The highest BCUT2D eigenvalue weighted by molar-refractivity contribution is 7.14. The minimum atomic E-state index is -0.251. The van der Waals surface area contributed by atoms with E-state index >= 15 is 0 Å². The topological polar surface area (TPSA) is 50.4 Å². The van der Waals surface area contributed by atoms with Crippen LogP contribution in [-0.4, -0.2) is 19.4 Å². The predicted molar refractivity (Wildman–Crippen MR) is 87.1 cm³/mol. The fourth-order valence-corrected chi connectivity index (χ4v) is 2.39. The van der Waals surface area contributed by atoms with Crippen molar-refractivity contribution in [3.63, 3.8) is 0 Å². The van der Waals surface area contributed by atoms with Gasteiger partial charge in [0, 0.05) is 25.6 Å². The highest BCUT2D eigenvalue weighted by atomic mass is 32.1. The molecule has 0 fully saturated rings. The molecule has 1 aromatic carbocycles. The van der Waals surface area contributed by atoms with Crippen LogP contribution in [0.3, 0.4) is 0 Å². The van der Waals surface area contributed by atoms with E-state index in [0.717, 1.165) is 22.0 Å². The molecule has 0 bridgehead atoms. The number of rotatable bonds is 3. The number of nitrogen functional groups attached to an aromatic ring is 1. The molecule has 108 valence electrons. The van der Waals surface area contributed by atoms with Gasteiger partial charge in [-0.15, -0.1) is 11.3 Å². The Labute approximate surface area is 127 Å². The third-order valence-electron chi connectivity index (χ3n) is 2.79. The second-order valence-electron chi connectivity index (χ2n) is 4.26. The Bertz CT molecular complexity index is 678. The Morgan fingerprint density at radius 2 is 2.10 bits per heavy atom. The van der Waals surface area contributed by atoms with E-state index in [1.54, 1.807) is 19.2 Å². The summed E-state index contributed by atoms with van der Waals surface area (Å²) in [5.74, 6) is 6.56. The first-order valence-electron chi connectivity index (χ1n) is 6.49. The number of hydrogen-bond acceptors (Lipinski definition) is 3. The molecule has 21 heavy (non-hydrogen) atoms. The first-order valence-corrected chi connectivity index (χ1v) is 7.37. The van der Waals surface area contributed by atoms with E-state index in [1.165, 1.54) is 23.5 Å². The number of thiophene rings is 1. The smallest absolute Gasteiger partial charge is 0.131 e. The SMILES string of the molecule is CN=C(NCCC#Cc1ccc(F)cc1)c1ccsc1N. The first kappa shape index (κ1) is 15.1. The number of hydrogen-bond donors (Lipinski definition) is 2. The molecular formula is C16H16FN3S. The molecule has 3 N–H and O–H groups in total. The van der Waals surface area contributed by atoms with Crippen molar-refractivity contribution in [3.8, 4) is 11.8 Å². The molecule has 2 aromatic rings. The van der Waals surface area contributed by atoms with Gasteiger partial charge in [0.25, 0.3) is 0 Å². The van der Waals surface area contributed by atoms with E-state index in [9.17, 15) is 4.39 Å². The highest BCUT2D eigenvalue weighted by Gasteiger charge is 2.06. The lowest BCUT2D eigenvalue weighted by Gasteiger charge is -2.06. The standard InChI is InChI=1S/C16H16FN3S/c1-19-16(14-9-11-21-15(14)18)20-10-3-2-4-12-5-7-13(17)8-6-12/h5-9,11H,3,10,18H2,1H3,(H,19,20). The predicted octanol–water partition coefficient (Wildman–Crippen LogP) is 2.88. The molecule has 2 rings (SSSR count). The summed E-state index contributed by atoms with van der Waals surface area (Å²) in [5.41, 5.74) is 7.61. The number of nitrogens with one attached hydrogen (secondary N) is 1. The molecule has 0 amide bonds. The molecule has 0 aliphatic carbocycles. The van der Waals surface area contributed by atoms with Crippen LogP contribution in [0.1, 0.15) is 17.5 Å². The fraction of sp³-hybridized carbons (Fsp3) is 0.188. The Morgan fingerprint density at radius 1 is 1.33 bits per heavy atom. The second kappa shape index (κ2) is 7.46. The minimum absolute atomic E-state index is 0.251. The van der Waals surface area contributed by atoms with Crippen LogP contribution >= 0.6 is 11.3 Å². The molecule has 1 aromatic heterocycles. The van der Waals surface area contributed by atoms with Gasteiger partial charge in [0.05, 0.1) is 10.6 Å². The van der Waals surface area contributed by atoms with Gasteiger partial charge < -0.3 is 11.1 Å².